The number of nitrogens with zero attached hydrogens (tertiary/aromatic N) is 2. The highest BCUT2D eigenvalue weighted by Gasteiger charge is 2.35. The Morgan fingerprint density at radius 1 is 1.45 bits per heavy atom. The zero-order valence-electron chi connectivity index (χ0n) is 10.4. The fourth-order valence-corrected chi connectivity index (χ4v) is 2.49. The quantitative estimate of drug-likeness (QED) is 0.889. The van der Waals surface area contributed by atoms with Gasteiger partial charge in [0.1, 0.15) is 0 Å². The van der Waals surface area contributed by atoms with Crippen molar-refractivity contribution in [3.63, 3.8) is 0 Å². The van der Waals surface area contributed by atoms with Gasteiger partial charge >= 0.3 is 6.18 Å². The molecule has 2 rings (SSSR count). The van der Waals surface area contributed by atoms with Gasteiger partial charge in [-0.15, -0.1) is 22.6 Å². The van der Waals surface area contributed by atoms with Crippen LogP contribution >= 0.6 is 23.7 Å². The van der Waals surface area contributed by atoms with Crippen LogP contribution in [0, 0.1) is 5.92 Å². The van der Waals surface area contributed by atoms with Gasteiger partial charge < -0.3 is 10.6 Å². The number of alkyl halides is 3. The average Bonchev–Trinajstić information content (AvgIpc) is 2.95. The number of halogens is 4. The Bertz CT molecular complexity index is 448. The molecule has 2 heterocycles. The van der Waals surface area contributed by atoms with Gasteiger partial charge in [0, 0.05) is 6.42 Å². The van der Waals surface area contributed by atoms with E-state index >= 15 is 0 Å². The summed E-state index contributed by atoms with van der Waals surface area (Å²) >= 11 is 0.335. The molecular weight excluding hydrogens is 317 g/mol. The van der Waals surface area contributed by atoms with Gasteiger partial charge in [0.15, 0.2) is 0 Å². The van der Waals surface area contributed by atoms with Crippen molar-refractivity contribution in [3.8, 4) is 0 Å². The van der Waals surface area contributed by atoms with E-state index in [1.54, 1.807) is 0 Å². The van der Waals surface area contributed by atoms with Gasteiger partial charge in [0.25, 0.3) is 0 Å². The van der Waals surface area contributed by atoms with Gasteiger partial charge in [-0.25, -0.2) is 0 Å². The number of aromatic nitrogens is 2. The molecule has 0 aromatic carbocycles. The molecule has 1 aliphatic heterocycles. The van der Waals surface area contributed by atoms with E-state index in [1.165, 1.54) is 0 Å². The Kier molecular flexibility index (Phi) is 6.15. The van der Waals surface area contributed by atoms with Crippen molar-refractivity contribution in [2.24, 2.45) is 5.92 Å². The van der Waals surface area contributed by atoms with Crippen molar-refractivity contribution < 1.29 is 18.0 Å². The van der Waals surface area contributed by atoms with Gasteiger partial charge in [0.2, 0.25) is 16.0 Å². The molecule has 0 aliphatic carbocycles. The van der Waals surface area contributed by atoms with Crippen molar-refractivity contribution in [3.05, 3.63) is 5.01 Å². The third kappa shape index (κ3) is 4.88. The maximum atomic E-state index is 12.3. The third-order valence-corrected chi connectivity index (χ3v) is 3.74. The Morgan fingerprint density at radius 3 is 2.75 bits per heavy atom. The van der Waals surface area contributed by atoms with Gasteiger partial charge in [-0.2, -0.15) is 13.2 Å². The lowest BCUT2D eigenvalue weighted by molar-refractivity contribution is -0.138. The summed E-state index contributed by atoms with van der Waals surface area (Å²) in [4.78, 5) is 11.6. The Morgan fingerprint density at radius 2 is 2.20 bits per heavy atom. The molecule has 1 aliphatic rings. The minimum atomic E-state index is -4.52. The summed E-state index contributed by atoms with van der Waals surface area (Å²) in [5, 5.41) is 10.7. The first-order valence-electron chi connectivity index (χ1n) is 5.86. The number of carbonyl (C=O) groups is 1. The lowest BCUT2D eigenvalue weighted by Crippen LogP contribution is -2.14. The largest absolute Gasteiger partial charge is 0.445 e. The van der Waals surface area contributed by atoms with Crippen LogP contribution in [0.3, 0.4) is 0 Å². The molecule has 1 aromatic heterocycles. The van der Waals surface area contributed by atoms with E-state index in [0.29, 0.717) is 17.3 Å². The second-order valence-corrected chi connectivity index (χ2v) is 5.33. The Balaban J connectivity index is 0.00000200. The summed E-state index contributed by atoms with van der Waals surface area (Å²) in [6.45, 7) is 1.85. The van der Waals surface area contributed by atoms with Crippen molar-refractivity contribution >= 4 is 34.8 Å². The number of amides is 1. The van der Waals surface area contributed by atoms with E-state index in [-0.39, 0.29) is 29.9 Å². The van der Waals surface area contributed by atoms with Gasteiger partial charge in [-0.05, 0) is 31.8 Å². The van der Waals surface area contributed by atoms with E-state index in [0.717, 1.165) is 25.9 Å². The number of anilines is 1. The van der Waals surface area contributed by atoms with Crippen molar-refractivity contribution in [2.75, 3.05) is 18.4 Å². The molecule has 2 N–H and O–H groups in total. The standard InChI is InChI=1S/C10H13F3N4OS.ClH/c11-10(12,13)8-16-17-9(19-8)15-7(18)2-1-6-3-4-14-5-6;/h6,14H,1-5H2,(H,15,17,18);1H. The number of hydrogen-bond donors (Lipinski definition) is 2. The zero-order chi connectivity index (χ0) is 13.9. The predicted molar refractivity (Wildman–Crippen MR) is 71.0 cm³/mol. The first-order valence-corrected chi connectivity index (χ1v) is 6.68. The highest BCUT2D eigenvalue weighted by molar-refractivity contribution is 7.15. The maximum Gasteiger partial charge on any atom is 0.445 e. The molecule has 0 bridgehead atoms. The van der Waals surface area contributed by atoms with Crippen LogP contribution in [0.25, 0.3) is 0 Å². The molecule has 20 heavy (non-hydrogen) atoms. The van der Waals surface area contributed by atoms with Crippen molar-refractivity contribution in [2.45, 2.75) is 25.4 Å². The van der Waals surface area contributed by atoms with Crippen LogP contribution in [0.4, 0.5) is 18.3 Å². The predicted octanol–water partition coefficient (Wildman–Crippen LogP) is 2.31. The molecule has 0 saturated carbocycles. The van der Waals surface area contributed by atoms with Crippen LogP contribution < -0.4 is 10.6 Å². The zero-order valence-corrected chi connectivity index (χ0v) is 12.0. The fraction of sp³-hybridized carbons (Fsp3) is 0.700. The monoisotopic (exact) mass is 330 g/mol. The summed E-state index contributed by atoms with van der Waals surface area (Å²) < 4.78 is 36.8. The molecule has 114 valence electrons. The minimum Gasteiger partial charge on any atom is -0.316 e. The molecule has 1 amide bonds. The number of carbonyl (C=O) groups excluding carboxylic acids is 1. The molecule has 1 unspecified atom stereocenters. The summed E-state index contributed by atoms with van der Waals surface area (Å²) in [7, 11) is 0. The Hall–Kier alpha value is -0.930. The van der Waals surface area contributed by atoms with E-state index < -0.39 is 11.2 Å². The molecule has 0 radical (unpaired) electrons. The molecule has 10 heteroatoms. The van der Waals surface area contributed by atoms with E-state index in [9.17, 15) is 18.0 Å². The van der Waals surface area contributed by atoms with Crippen molar-refractivity contribution in [1.82, 2.24) is 15.5 Å². The normalized spacial score (nSPS) is 18.6. The third-order valence-electron chi connectivity index (χ3n) is 2.86. The van der Waals surface area contributed by atoms with E-state index in [1.807, 2.05) is 0 Å². The molecular formula is C10H14ClF3N4OS. The molecule has 1 atom stereocenters. The summed E-state index contributed by atoms with van der Waals surface area (Å²) in [6, 6.07) is 0. The second-order valence-electron chi connectivity index (χ2n) is 4.36. The number of rotatable bonds is 4. The Labute approximate surface area is 123 Å². The molecule has 5 nitrogen and oxygen atoms in total. The van der Waals surface area contributed by atoms with Crippen LogP contribution in [-0.2, 0) is 11.0 Å². The van der Waals surface area contributed by atoms with Crippen LogP contribution in [-0.4, -0.2) is 29.2 Å². The fourth-order valence-electron chi connectivity index (χ4n) is 1.87. The molecule has 1 aromatic rings. The first kappa shape index (κ1) is 17.1. The summed E-state index contributed by atoms with van der Waals surface area (Å²) in [6.07, 6.45) is -2.47. The van der Waals surface area contributed by atoms with Crippen molar-refractivity contribution in [1.29, 1.82) is 0 Å². The first-order chi connectivity index (χ1) is 8.95. The van der Waals surface area contributed by atoms with Gasteiger partial charge in [-0.1, -0.05) is 11.3 Å². The van der Waals surface area contributed by atoms with Crippen LogP contribution in [0.5, 0.6) is 0 Å². The smallest absolute Gasteiger partial charge is 0.316 e. The highest BCUT2D eigenvalue weighted by Crippen LogP contribution is 2.33. The second kappa shape index (κ2) is 7.19. The van der Waals surface area contributed by atoms with Gasteiger partial charge in [0.05, 0.1) is 0 Å². The molecule has 1 saturated heterocycles. The number of hydrogen-bond acceptors (Lipinski definition) is 5. The SMILES string of the molecule is Cl.O=C(CCC1CCNC1)Nc1nnc(C(F)(F)F)s1. The maximum absolute atomic E-state index is 12.3. The topological polar surface area (TPSA) is 66.9 Å². The summed E-state index contributed by atoms with van der Waals surface area (Å²) in [5.74, 6) is 0.141. The average molecular weight is 331 g/mol. The molecule has 1 fully saturated rings. The van der Waals surface area contributed by atoms with Crippen LogP contribution in [0.15, 0.2) is 0 Å². The molecule has 0 spiro atoms. The lowest BCUT2D eigenvalue weighted by Gasteiger charge is -2.06. The van der Waals surface area contributed by atoms with E-state index in [4.69, 9.17) is 0 Å². The minimum absolute atomic E-state index is 0. The van der Waals surface area contributed by atoms with E-state index in [2.05, 4.69) is 20.8 Å². The number of nitrogens with one attached hydrogen (secondary N) is 2. The van der Waals surface area contributed by atoms with Crippen LogP contribution in [0.2, 0.25) is 0 Å². The summed E-state index contributed by atoms with van der Waals surface area (Å²) in [5.41, 5.74) is 0. The lowest BCUT2D eigenvalue weighted by atomic mass is 10.0. The van der Waals surface area contributed by atoms with Crippen LogP contribution in [0.1, 0.15) is 24.3 Å². The van der Waals surface area contributed by atoms with Gasteiger partial charge in [-0.3, -0.25) is 4.79 Å². The highest BCUT2D eigenvalue weighted by atomic mass is 35.5.